The zero-order valence-electron chi connectivity index (χ0n) is 19.1. The van der Waals surface area contributed by atoms with Crippen molar-refractivity contribution in [3.8, 4) is 11.5 Å². The van der Waals surface area contributed by atoms with Crippen LogP contribution in [0.4, 0.5) is 0 Å². The van der Waals surface area contributed by atoms with Gasteiger partial charge in [0.15, 0.2) is 6.29 Å². The van der Waals surface area contributed by atoms with Crippen LogP contribution < -0.4 is 9.47 Å². The van der Waals surface area contributed by atoms with Gasteiger partial charge in [-0.3, -0.25) is 9.59 Å². The van der Waals surface area contributed by atoms with E-state index in [4.69, 9.17) is 24.1 Å². The smallest absolute Gasteiger partial charge is 0.311 e. The van der Waals surface area contributed by atoms with Gasteiger partial charge >= 0.3 is 11.9 Å². The van der Waals surface area contributed by atoms with Crippen LogP contribution in [0.2, 0.25) is 0 Å². The molecule has 2 aliphatic heterocycles. The first-order valence-electron chi connectivity index (χ1n) is 11.8. The summed E-state index contributed by atoms with van der Waals surface area (Å²) in [6.45, 7) is 6.68. The van der Waals surface area contributed by atoms with E-state index in [1.807, 2.05) is 0 Å². The van der Waals surface area contributed by atoms with Crippen molar-refractivity contribution in [2.45, 2.75) is 78.0 Å². The minimum absolute atomic E-state index is 0.168. The molecule has 0 amide bonds. The van der Waals surface area contributed by atoms with Crippen molar-refractivity contribution in [1.29, 1.82) is 0 Å². The molecule has 1 aliphatic carbocycles. The Bertz CT molecular complexity index is 824. The molecule has 7 heteroatoms. The highest BCUT2D eigenvalue weighted by atomic mass is 16.8. The van der Waals surface area contributed by atoms with Gasteiger partial charge in [-0.1, -0.05) is 26.3 Å². The molecular formula is C25H34O7. The molecule has 3 fully saturated rings. The first-order valence-corrected chi connectivity index (χ1v) is 11.8. The second-order valence-electron chi connectivity index (χ2n) is 9.68. The quantitative estimate of drug-likeness (QED) is 0.503. The second-order valence-corrected chi connectivity index (χ2v) is 9.68. The van der Waals surface area contributed by atoms with Crippen molar-refractivity contribution in [2.24, 2.45) is 29.6 Å². The van der Waals surface area contributed by atoms with Gasteiger partial charge in [0, 0.05) is 17.9 Å². The lowest BCUT2D eigenvalue weighted by molar-refractivity contribution is -0.315. The number of benzene rings is 1. The van der Waals surface area contributed by atoms with Gasteiger partial charge in [0.05, 0.1) is 18.9 Å². The lowest BCUT2D eigenvalue weighted by Crippen LogP contribution is -2.54. The average Bonchev–Trinajstić information content (AvgIpc) is 2.91. The van der Waals surface area contributed by atoms with Gasteiger partial charge in [0.1, 0.15) is 11.5 Å². The highest BCUT2D eigenvalue weighted by Gasteiger charge is 2.52. The molecule has 8 atom stereocenters. The zero-order valence-corrected chi connectivity index (χ0v) is 19.1. The third kappa shape index (κ3) is 5.09. The summed E-state index contributed by atoms with van der Waals surface area (Å²) in [5.41, 5.74) is 0. The lowest BCUT2D eigenvalue weighted by Gasteiger charge is -2.51. The molecular weight excluding hydrogens is 412 g/mol. The van der Waals surface area contributed by atoms with Crippen LogP contribution in [0, 0.1) is 29.6 Å². The Morgan fingerprint density at radius 3 is 2.53 bits per heavy atom. The molecule has 2 heterocycles. The molecule has 176 valence electrons. The standard InChI is InChI=1S/C25H34O7/c1-14-7-9-20-16(3)24(32-25-23(20)19(14)10-8-15(2)29-25)31-18-6-4-5-17(13-18)30-22(28)12-11-21(26)27/h4-6,13-16,19-20,23-25H,7-12H2,1-3H3,(H,26,27)/t14-,15+,16-,19?,20?,23?,24+,25-/m1/s1. The Morgan fingerprint density at radius 1 is 1.00 bits per heavy atom. The number of esters is 1. The molecule has 1 N–H and O–H groups in total. The minimum atomic E-state index is -1.03. The highest BCUT2D eigenvalue weighted by molar-refractivity contribution is 5.78. The number of aliphatic carboxylic acids is 1. The van der Waals surface area contributed by atoms with Gasteiger partial charge in [0.25, 0.3) is 0 Å². The van der Waals surface area contributed by atoms with E-state index < -0.39 is 18.2 Å². The zero-order chi connectivity index (χ0) is 22.8. The van der Waals surface area contributed by atoms with Crippen LogP contribution in [-0.4, -0.2) is 35.7 Å². The number of hydrogen-bond acceptors (Lipinski definition) is 6. The highest BCUT2D eigenvalue weighted by Crippen LogP contribution is 2.52. The Hall–Kier alpha value is -2.12. The molecule has 3 aliphatic rings. The largest absolute Gasteiger partial charge is 0.481 e. The van der Waals surface area contributed by atoms with E-state index in [0.29, 0.717) is 35.2 Å². The van der Waals surface area contributed by atoms with Crippen LogP contribution in [0.15, 0.2) is 24.3 Å². The number of hydrogen-bond donors (Lipinski definition) is 1. The summed E-state index contributed by atoms with van der Waals surface area (Å²) >= 11 is 0. The fourth-order valence-corrected chi connectivity index (χ4v) is 5.72. The molecule has 4 rings (SSSR count). The van der Waals surface area contributed by atoms with Gasteiger partial charge in [0.2, 0.25) is 6.29 Å². The van der Waals surface area contributed by atoms with Gasteiger partial charge in [-0.05, 0) is 56.1 Å². The molecule has 1 aromatic carbocycles. The van der Waals surface area contributed by atoms with E-state index >= 15 is 0 Å². The van der Waals surface area contributed by atoms with Crippen LogP contribution >= 0.6 is 0 Å². The molecule has 0 radical (unpaired) electrons. The number of carboxylic acids is 1. The maximum absolute atomic E-state index is 11.9. The van der Waals surface area contributed by atoms with Gasteiger partial charge < -0.3 is 24.1 Å². The number of carboxylic acid groups (broad SMARTS) is 1. The van der Waals surface area contributed by atoms with Crippen molar-refractivity contribution < 1.29 is 33.6 Å². The van der Waals surface area contributed by atoms with Gasteiger partial charge in [-0.25, -0.2) is 0 Å². The van der Waals surface area contributed by atoms with Crippen molar-refractivity contribution in [3.05, 3.63) is 24.3 Å². The number of rotatable bonds is 6. The van der Waals surface area contributed by atoms with Gasteiger partial charge in [-0.2, -0.15) is 0 Å². The third-order valence-corrected chi connectivity index (χ3v) is 7.47. The summed E-state index contributed by atoms with van der Waals surface area (Å²) in [7, 11) is 0. The molecule has 32 heavy (non-hydrogen) atoms. The SMILES string of the molecule is C[C@@H]1CCC2C3C1CC[C@H](C)O[C@@H]3O[C@H](Oc1cccc(OC(=O)CCC(=O)O)c1)[C@@H]2C. The van der Waals surface area contributed by atoms with Crippen LogP contribution in [-0.2, 0) is 19.1 Å². The van der Waals surface area contributed by atoms with Crippen molar-refractivity contribution in [1.82, 2.24) is 0 Å². The predicted octanol–water partition coefficient (Wildman–Crippen LogP) is 4.63. The number of carbonyl (C=O) groups is 2. The molecule has 0 bridgehead atoms. The van der Waals surface area contributed by atoms with Crippen molar-refractivity contribution in [3.63, 3.8) is 0 Å². The number of ether oxygens (including phenoxy) is 4. The summed E-state index contributed by atoms with van der Waals surface area (Å²) < 4.78 is 24.2. The van der Waals surface area contributed by atoms with Gasteiger partial charge in [-0.15, -0.1) is 0 Å². The molecule has 1 saturated carbocycles. The Balaban J connectivity index is 1.46. The van der Waals surface area contributed by atoms with Crippen LogP contribution in [0.25, 0.3) is 0 Å². The maximum Gasteiger partial charge on any atom is 0.311 e. The van der Waals surface area contributed by atoms with E-state index in [1.165, 1.54) is 12.8 Å². The van der Waals surface area contributed by atoms with Crippen LogP contribution in [0.5, 0.6) is 11.5 Å². The topological polar surface area (TPSA) is 91.3 Å². The average molecular weight is 447 g/mol. The Morgan fingerprint density at radius 2 is 1.75 bits per heavy atom. The fraction of sp³-hybridized carbons (Fsp3) is 0.680. The van der Waals surface area contributed by atoms with E-state index in [9.17, 15) is 9.59 Å². The summed E-state index contributed by atoms with van der Waals surface area (Å²) in [5, 5.41) is 8.72. The fourth-order valence-electron chi connectivity index (χ4n) is 5.72. The predicted molar refractivity (Wildman–Crippen MR) is 116 cm³/mol. The molecule has 3 unspecified atom stereocenters. The third-order valence-electron chi connectivity index (χ3n) is 7.47. The van der Waals surface area contributed by atoms with Crippen LogP contribution in [0.3, 0.4) is 0 Å². The summed E-state index contributed by atoms with van der Waals surface area (Å²) in [6, 6.07) is 6.84. The normalized spacial score (nSPS) is 36.5. The molecule has 0 aromatic heterocycles. The Kier molecular flexibility index (Phi) is 7.05. The maximum atomic E-state index is 11.9. The molecule has 1 aromatic rings. The first-order chi connectivity index (χ1) is 15.3. The summed E-state index contributed by atoms with van der Waals surface area (Å²) in [4.78, 5) is 22.5. The van der Waals surface area contributed by atoms with E-state index in [2.05, 4.69) is 20.8 Å². The molecule has 7 nitrogen and oxygen atoms in total. The summed E-state index contributed by atoms with van der Waals surface area (Å²) in [5.74, 6) is 1.67. The molecule has 0 spiro atoms. The first kappa shape index (κ1) is 23.1. The summed E-state index contributed by atoms with van der Waals surface area (Å²) in [6.07, 6.45) is 3.66. The van der Waals surface area contributed by atoms with Crippen molar-refractivity contribution in [2.75, 3.05) is 0 Å². The number of carbonyl (C=O) groups excluding carboxylic acids is 1. The minimum Gasteiger partial charge on any atom is -0.481 e. The Labute approximate surface area is 189 Å². The van der Waals surface area contributed by atoms with E-state index in [0.717, 1.165) is 12.8 Å². The second kappa shape index (κ2) is 9.79. The monoisotopic (exact) mass is 446 g/mol. The van der Waals surface area contributed by atoms with E-state index in [1.54, 1.807) is 24.3 Å². The van der Waals surface area contributed by atoms with E-state index in [-0.39, 0.29) is 31.2 Å². The van der Waals surface area contributed by atoms with Crippen LogP contribution in [0.1, 0.15) is 59.3 Å². The molecule has 2 saturated heterocycles. The lowest BCUT2D eigenvalue weighted by atomic mass is 9.61. The van der Waals surface area contributed by atoms with Crippen molar-refractivity contribution >= 4 is 11.9 Å².